The van der Waals surface area contributed by atoms with Crippen molar-refractivity contribution in [3.05, 3.63) is 41.7 Å². The maximum atomic E-state index is 13.8. The van der Waals surface area contributed by atoms with Crippen molar-refractivity contribution in [2.75, 3.05) is 11.4 Å². The van der Waals surface area contributed by atoms with E-state index in [1.165, 1.54) is 6.07 Å². The van der Waals surface area contributed by atoms with Crippen molar-refractivity contribution >= 4 is 11.5 Å². The minimum absolute atomic E-state index is 0.149. The number of anilines is 1. The number of benzene rings is 1. The molecule has 2 heterocycles. The molecule has 0 spiro atoms. The number of hydrogen-bond donors (Lipinski definition) is 2. The van der Waals surface area contributed by atoms with Crippen LogP contribution in [0.3, 0.4) is 0 Å². The van der Waals surface area contributed by atoms with E-state index in [9.17, 15) is 4.39 Å². The fraction of sp³-hybridized carbons (Fsp3) is 0.250. The molecule has 7 heteroatoms. The maximum Gasteiger partial charge on any atom is 0.152 e. The van der Waals surface area contributed by atoms with E-state index >= 15 is 0 Å². The van der Waals surface area contributed by atoms with Crippen molar-refractivity contribution in [3.8, 4) is 0 Å². The summed E-state index contributed by atoms with van der Waals surface area (Å²) in [5, 5.41) is 15.4. The Hall–Kier alpha value is -2.44. The second kappa shape index (κ2) is 4.34. The largest absolute Gasteiger partial charge is 0.384 e. The highest BCUT2D eigenvalue weighted by Gasteiger charge is 2.22. The molecule has 2 aromatic rings. The Labute approximate surface area is 109 Å². The van der Waals surface area contributed by atoms with Gasteiger partial charge < -0.3 is 15.2 Å². The molecule has 1 aromatic carbocycles. The van der Waals surface area contributed by atoms with Crippen LogP contribution in [0.1, 0.15) is 11.4 Å². The van der Waals surface area contributed by atoms with Crippen LogP contribution in [0.5, 0.6) is 0 Å². The zero-order chi connectivity index (χ0) is 13.4. The van der Waals surface area contributed by atoms with Gasteiger partial charge in [0.15, 0.2) is 5.82 Å². The molecule has 0 atom stereocenters. The molecule has 0 fully saturated rings. The molecule has 0 amide bonds. The molecule has 0 radical (unpaired) electrons. The van der Waals surface area contributed by atoms with Gasteiger partial charge in [0.25, 0.3) is 0 Å². The molecule has 0 aliphatic carbocycles. The van der Waals surface area contributed by atoms with Crippen LogP contribution in [-0.4, -0.2) is 27.1 Å². The highest BCUT2D eigenvalue weighted by molar-refractivity contribution is 6.00. The van der Waals surface area contributed by atoms with E-state index in [4.69, 9.17) is 11.1 Å². The van der Waals surface area contributed by atoms with E-state index < -0.39 is 5.82 Å². The smallest absolute Gasteiger partial charge is 0.152 e. The number of nitrogen functional groups attached to an aromatic ring is 1. The van der Waals surface area contributed by atoms with Gasteiger partial charge in [-0.05, 0) is 12.1 Å². The monoisotopic (exact) mass is 260 g/mol. The number of fused-ring (bicyclic) bond motifs is 1. The van der Waals surface area contributed by atoms with Crippen LogP contribution >= 0.6 is 0 Å². The Morgan fingerprint density at radius 2 is 2.21 bits per heavy atom. The van der Waals surface area contributed by atoms with Gasteiger partial charge in [0.1, 0.15) is 18.0 Å². The van der Waals surface area contributed by atoms with Crippen LogP contribution in [0.4, 0.5) is 10.1 Å². The summed E-state index contributed by atoms with van der Waals surface area (Å²) in [5.74, 6) is 0.0854. The third-order valence-electron chi connectivity index (χ3n) is 3.24. The molecule has 6 nitrogen and oxygen atoms in total. The number of amidine groups is 1. The van der Waals surface area contributed by atoms with Gasteiger partial charge in [0, 0.05) is 13.1 Å². The predicted octanol–water partition coefficient (Wildman–Crippen LogP) is 0.721. The number of nitrogens with one attached hydrogen (secondary N) is 1. The van der Waals surface area contributed by atoms with E-state index in [-0.39, 0.29) is 11.4 Å². The van der Waals surface area contributed by atoms with Gasteiger partial charge in [0.05, 0.1) is 17.8 Å². The molecule has 0 bridgehead atoms. The Balaban J connectivity index is 2.00. The Morgan fingerprint density at radius 1 is 1.37 bits per heavy atom. The van der Waals surface area contributed by atoms with Crippen molar-refractivity contribution in [1.82, 2.24) is 14.8 Å². The molecular weight excluding hydrogens is 247 g/mol. The first-order valence-corrected chi connectivity index (χ1v) is 5.91. The van der Waals surface area contributed by atoms with Crippen LogP contribution < -0.4 is 10.6 Å². The average molecular weight is 260 g/mol. The molecule has 0 saturated carbocycles. The van der Waals surface area contributed by atoms with Gasteiger partial charge >= 0.3 is 0 Å². The topological polar surface area (TPSA) is 83.8 Å². The standard InChI is InChI=1S/C12H13FN6/c13-8-2-1-3-9(11(8)12(14)15)18-4-5-19-7-16-17-10(19)6-18/h1-3,7H,4-6H2,(H3,14,15). The van der Waals surface area contributed by atoms with Crippen molar-refractivity contribution in [2.45, 2.75) is 13.1 Å². The number of nitrogens with two attached hydrogens (primary N) is 1. The first-order valence-electron chi connectivity index (χ1n) is 5.91. The number of rotatable bonds is 2. The van der Waals surface area contributed by atoms with Gasteiger partial charge in [-0.2, -0.15) is 0 Å². The number of aromatic nitrogens is 3. The van der Waals surface area contributed by atoms with Crippen LogP contribution in [0.25, 0.3) is 0 Å². The second-order valence-electron chi connectivity index (χ2n) is 4.41. The molecule has 98 valence electrons. The third-order valence-corrected chi connectivity index (χ3v) is 3.24. The number of halogens is 1. The van der Waals surface area contributed by atoms with E-state index in [1.54, 1.807) is 18.5 Å². The zero-order valence-corrected chi connectivity index (χ0v) is 10.2. The highest BCUT2D eigenvalue weighted by atomic mass is 19.1. The van der Waals surface area contributed by atoms with Crippen LogP contribution in [0.2, 0.25) is 0 Å². The molecule has 0 unspecified atom stereocenters. The maximum absolute atomic E-state index is 13.8. The summed E-state index contributed by atoms with van der Waals surface area (Å²) >= 11 is 0. The van der Waals surface area contributed by atoms with Crippen molar-refractivity contribution in [1.29, 1.82) is 5.41 Å². The SMILES string of the molecule is N=C(N)c1c(F)cccc1N1CCn2cnnc2C1. The van der Waals surface area contributed by atoms with Crippen molar-refractivity contribution < 1.29 is 4.39 Å². The molecule has 3 rings (SSSR count). The quantitative estimate of drug-likeness (QED) is 0.615. The highest BCUT2D eigenvalue weighted by Crippen LogP contribution is 2.25. The molecule has 1 aliphatic heterocycles. The average Bonchev–Trinajstić information content (AvgIpc) is 2.85. The number of nitrogens with zero attached hydrogens (tertiary/aromatic N) is 4. The lowest BCUT2D eigenvalue weighted by atomic mass is 10.1. The lowest BCUT2D eigenvalue weighted by Gasteiger charge is -2.30. The lowest BCUT2D eigenvalue weighted by molar-refractivity contribution is 0.557. The van der Waals surface area contributed by atoms with Gasteiger partial charge in [0.2, 0.25) is 0 Å². The summed E-state index contributed by atoms with van der Waals surface area (Å²) in [6.45, 7) is 1.97. The van der Waals surface area contributed by atoms with Gasteiger partial charge in [-0.1, -0.05) is 6.07 Å². The summed E-state index contributed by atoms with van der Waals surface area (Å²) in [5.41, 5.74) is 6.26. The molecule has 3 N–H and O–H groups in total. The summed E-state index contributed by atoms with van der Waals surface area (Å²) in [7, 11) is 0. The van der Waals surface area contributed by atoms with E-state index in [2.05, 4.69) is 10.2 Å². The van der Waals surface area contributed by atoms with Crippen LogP contribution in [0, 0.1) is 11.2 Å². The Morgan fingerprint density at radius 3 is 3.00 bits per heavy atom. The van der Waals surface area contributed by atoms with E-state index in [0.717, 1.165) is 12.4 Å². The number of hydrogen-bond acceptors (Lipinski definition) is 4. The molecule has 0 saturated heterocycles. The lowest BCUT2D eigenvalue weighted by Crippen LogP contribution is -2.35. The van der Waals surface area contributed by atoms with Gasteiger partial charge in [-0.3, -0.25) is 5.41 Å². The zero-order valence-electron chi connectivity index (χ0n) is 10.2. The molecular formula is C12H13FN6. The summed E-state index contributed by atoms with van der Waals surface area (Å²) in [6, 6.07) is 4.70. The van der Waals surface area contributed by atoms with Gasteiger partial charge in [-0.25, -0.2) is 4.39 Å². The van der Waals surface area contributed by atoms with Crippen LogP contribution in [0.15, 0.2) is 24.5 Å². The van der Waals surface area contributed by atoms with Crippen molar-refractivity contribution in [3.63, 3.8) is 0 Å². The molecule has 1 aromatic heterocycles. The third kappa shape index (κ3) is 1.92. The first kappa shape index (κ1) is 11.6. The predicted molar refractivity (Wildman–Crippen MR) is 68.5 cm³/mol. The van der Waals surface area contributed by atoms with E-state index in [1.807, 2.05) is 9.47 Å². The fourth-order valence-corrected chi connectivity index (χ4v) is 2.31. The fourth-order valence-electron chi connectivity index (χ4n) is 2.31. The van der Waals surface area contributed by atoms with Gasteiger partial charge in [-0.15, -0.1) is 10.2 Å². The van der Waals surface area contributed by atoms with Crippen molar-refractivity contribution in [2.24, 2.45) is 5.73 Å². The molecule has 19 heavy (non-hydrogen) atoms. The summed E-state index contributed by atoms with van der Waals surface area (Å²) in [4.78, 5) is 1.96. The Kier molecular flexibility index (Phi) is 2.66. The summed E-state index contributed by atoms with van der Waals surface area (Å²) < 4.78 is 15.8. The first-order chi connectivity index (χ1) is 9.16. The molecule has 1 aliphatic rings. The normalized spacial score (nSPS) is 14.3. The Bertz CT molecular complexity index is 635. The van der Waals surface area contributed by atoms with E-state index in [0.29, 0.717) is 18.8 Å². The van der Waals surface area contributed by atoms with Crippen LogP contribution in [-0.2, 0) is 13.1 Å². The second-order valence-corrected chi connectivity index (χ2v) is 4.41. The summed E-state index contributed by atoms with van der Waals surface area (Å²) in [6.07, 6.45) is 1.68. The minimum Gasteiger partial charge on any atom is -0.384 e. The minimum atomic E-state index is -0.475.